The molecule has 2 heterocycles. The third-order valence-electron chi connectivity index (χ3n) is 6.51. The number of hydrogen-bond donors (Lipinski definition) is 4. The van der Waals surface area contributed by atoms with Gasteiger partial charge in [-0.05, 0) is 39.0 Å². The van der Waals surface area contributed by atoms with Gasteiger partial charge in [0.15, 0.2) is 5.34 Å². The van der Waals surface area contributed by atoms with Crippen LogP contribution in [0, 0.1) is 5.92 Å². The molecule has 1 aromatic heterocycles. The lowest BCUT2D eigenvalue weighted by Crippen LogP contribution is -2.44. The van der Waals surface area contributed by atoms with Crippen molar-refractivity contribution in [3.63, 3.8) is 0 Å². The summed E-state index contributed by atoms with van der Waals surface area (Å²) in [5, 5.41) is 8.84. The molecule has 30 heavy (non-hydrogen) atoms. The van der Waals surface area contributed by atoms with Gasteiger partial charge in [-0.25, -0.2) is 4.79 Å². The van der Waals surface area contributed by atoms with Gasteiger partial charge in [0.25, 0.3) is 5.56 Å². The van der Waals surface area contributed by atoms with Crippen LogP contribution in [-0.4, -0.2) is 37.0 Å². The maximum absolute atomic E-state index is 13.0. The normalized spacial score (nSPS) is 24.9. The van der Waals surface area contributed by atoms with Crippen LogP contribution in [0.2, 0.25) is 0 Å². The number of H-pyrrole nitrogens is 2. The van der Waals surface area contributed by atoms with Crippen molar-refractivity contribution < 1.29 is 23.8 Å². The van der Waals surface area contributed by atoms with Gasteiger partial charge in [0.2, 0.25) is 0 Å². The average molecular weight is 446 g/mol. The van der Waals surface area contributed by atoms with E-state index in [0.717, 1.165) is 0 Å². The minimum Gasteiger partial charge on any atom is -0.377 e. The Morgan fingerprint density at radius 1 is 1.30 bits per heavy atom. The Morgan fingerprint density at radius 2 is 1.93 bits per heavy atom. The molecule has 2 rings (SSSR count). The van der Waals surface area contributed by atoms with Gasteiger partial charge in [-0.15, -0.1) is 0 Å². The van der Waals surface area contributed by atoms with Crippen molar-refractivity contribution in [2.75, 3.05) is 0 Å². The Hall–Kier alpha value is -1.25. The summed E-state index contributed by atoms with van der Waals surface area (Å²) >= 11 is 0. The zero-order valence-electron chi connectivity index (χ0n) is 18.4. The molecule has 9 nitrogen and oxygen atoms in total. The zero-order chi connectivity index (χ0) is 22.7. The Morgan fingerprint density at radius 3 is 2.47 bits per heavy atom. The molecule has 172 valence electrons. The van der Waals surface area contributed by atoms with Crippen LogP contribution < -0.4 is 11.2 Å². The maximum atomic E-state index is 13.0. The fourth-order valence-electron chi connectivity index (χ4n) is 4.18. The highest BCUT2D eigenvalue weighted by molar-refractivity contribution is 7.54. The lowest BCUT2D eigenvalue weighted by atomic mass is 9.82. The highest BCUT2D eigenvalue weighted by Crippen LogP contribution is 2.61. The van der Waals surface area contributed by atoms with Crippen LogP contribution in [0.3, 0.4) is 0 Å². The number of rotatable bonds is 10. The van der Waals surface area contributed by atoms with E-state index in [1.165, 1.54) is 6.20 Å². The summed E-state index contributed by atoms with van der Waals surface area (Å²) in [4.78, 5) is 38.7. The van der Waals surface area contributed by atoms with Gasteiger partial charge in [-0.3, -0.25) is 18.9 Å². The summed E-state index contributed by atoms with van der Waals surface area (Å²) < 4.78 is 25.0. The topological polar surface area (TPSA) is 142 Å². The molecule has 0 saturated carbocycles. The summed E-state index contributed by atoms with van der Waals surface area (Å²) in [5.74, 6) is -0.275. The van der Waals surface area contributed by atoms with E-state index in [2.05, 4.69) is 9.97 Å². The van der Waals surface area contributed by atoms with E-state index in [4.69, 9.17) is 9.26 Å². The van der Waals surface area contributed by atoms with E-state index >= 15 is 0 Å². The Labute approximate surface area is 176 Å². The van der Waals surface area contributed by atoms with Gasteiger partial charge >= 0.3 is 13.3 Å². The van der Waals surface area contributed by atoms with Gasteiger partial charge < -0.3 is 19.7 Å². The maximum Gasteiger partial charge on any atom is 0.359 e. The highest BCUT2D eigenvalue weighted by Gasteiger charge is 2.51. The van der Waals surface area contributed by atoms with Crippen molar-refractivity contribution in [3.8, 4) is 0 Å². The van der Waals surface area contributed by atoms with Crippen LogP contribution in [0.1, 0.15) is 84.8 Å². The average Bonchev–Trinajstić information content (AvgIpc) is 3.15. The molecule has 0 aliphatic carbocycles. The van der Waals surface area contributed by atoms with Gasteiger partial charge in [0, 0.05) is 12.1 Å². The molecular formula is C20H35N2O7P. The lowest BCUT2D eigenvalue weighted by molar-refractivity contribution is -0.0779. The number of ether oxygens (including phenoxy) is 1. The summed E-state index contributed by atoms with van der Waals surface area (Å²) in [7, 11) is -4.34. The summed E-state index contributed by atoms with van der Waals surface area (Å²) in [5.41, 5.74) is -1.72. The second-order valence-electron chi connectivity index (χ2n) is 8.42. The van der Waals surface area contributed by atoms with E-state index in [0.29, 0.717) is 31.2 Å². The van der Waals surface area contributed by atoms with Gasteiger partial charge in [-0.1, -0.05) is 34.1 Å². The predicted octanol–water partition coefficient (Wildman–Crippen LogP) is 3.19. The number of aromatic amines is 2. The molecule has 5 atom stereocenters. The standard InChI is InChI=1S/C20H35N2O7P/c1-6-11-19(5,29-30(26,27)20(25,7-2)8-3)13(4)15-9-10-16(28-15)14-12-21-18(24)22-17(14)23/h12-13,15-16,25H,6-11H2,1-5H3,(H,26,27)(H2,21,22,23,24). The molecular weight excluding hydrogens is 411 g/mol. The molecule has 0 bridgehead atoms. The third-order valence-corrected chi connectivity index (χ3v) is 8.85. The molecule has 1 aliphatic heterocycles. The van der Waals surface area contributed by atoms with Crippen molar-refractivity contribution in [1.82, 2.24) is 9.97 Å². The first-order chi connectivity index (χ1) is 13.9. The monoisotopic (exact) mass is 446 g/mol. The number of aliphatic hydroxyl groups is 1. The van der Waals surface area contributed by atoms with Crippen LogP contribution >= 0.6 is 7.60 Å². The summed E-state index contributed by atoms with van der Waals surface area (Å²) in [6.45, 7) is 8.95. The fourth-order valence-corrected chi connectivity index (χ4v) is 5.97. The Balaban J connectivity index is 2.24. The first-order valence-electron chi connectivity index (χ1n) is 10.7. The number of aromatic nitrogens is 2. The van der Waals surface area contributed by atoms with Crippen LogP contribution in [0.25, 0.3) is 0 Å². The van der Waals surface area contributed by atoms with E-state index in [1.54, 1.807) is 20.8 Å². The van der Waals surface area contributed by atoms with Crippen molar-refractivity contribution in [2.45, 2.75) is 96.3 Å². The molecule has 1 fully saturated rings. The molecule has 1 saturated heterocycles. The minimum atomic E-state index is -4.34. The molecule has 1 aliphatic rings. The molecule has 0 radical (unpaired) electrons. The van der Waals surface area contributed by atoms with E-state index in [-0.39, 0.29) is 24.9 Å². The molecule has 0 spiro atoms. The van der Waals surface area contributed by atoms with E-state index in [9.17, 15) is 24.2 Å². The van der Waals surface area contributed by atoms with Crippen molar-refractivity contribution >= 4 is 7.60 Å². The molecule has 0 aromatic carbocycles. The van der Waals surface area contributed by atoms with E-state index < -0.39 is 35.9 Å². The fraction of sp³-hybridized carbons (Fsp3) is 0.800. The third kappa shape index (κ3) is 4.97. The first-order valence-corrected chi connectivity index (χ1v) is 12.2. The minimum absolute atomic E-state index is 0.102. The smallest absolute Gasteiger partial charge is 0.359 e. The number of nitrogens with one attached hydrogen (secondary N) is 2. The lowest BCUT2D eigenvalue weighted by Gasteiger charge is -2.42. The van der Waals surface area contributed by atoms with Gasteiger partial charge in [0.05, 0.1) is 23.4 Å². The summed E-state index contributed by atoms with van der Waals surface area (Å²) in [6.07, 6.45) is 3.22. The first kappa shape index (κ1) is 25.0. The second kappa shape index (κ2) is 9.49. The molecule has 5 unspecified atom stereocenters. The second-order valence-corrected chi connectivity index (χ2v) is 10.5. The van der Waals surface area contributed by atoms with Crippen LogP contribution in [0.4, 0.5) is 0 Å². The number of hydrogen-bond acceptors (Lipinski definition) is 6. The Bertz CT molecular complexity index is 878. The highest BCUT2D eigenvalue weighted by atomic mass is 31.2. The van der Waals surface area contributed by atoms with Crippen molar-refractivity contribution in [1.29, 1.82) is 0 Å². The zero-order valence-corrected chi connectivity index (χ0v) is 19.3. The van der Waals surface area contributed by atoms with Gasteiger partial charge in [0.1, 0.15) is 0 Å². The van der Waals surface area contributed by atoms with E-state index in [1.807, 2.05) is 13.8 Å². The van der Waals surface area contributed by atoms with Crippen molar-refractivity contribution in [2.24, 2.45) is 5.92 Å². The van der Waals surface area contributed by atoms with Crippen LogP contribution in [0.5, 0.6) is 0 Å². The van der Waals surface area contributed by atoms with Crippen LogP contribution in [0.15, 0.2) is 15.8 Å². The molecule has 1 aromatic rings. The van der Waals surface area contributed by atoms with Crippen LogP contribution in [-0.2, 0) is 13.8 Å². The predicted molar refractivity (Wildman–Crippen MR) is 113 cm³/mol. The molecule has 0 amide bonds. The molecule has 10 heteroatoms. The molecule has 4 N–H and O–H groups in total. The Kier molecular flexibility index (Phi) is 7.91. The largest absolute Gasteiger partial charge is 0.377 e. The SMILES string of the molecule is CCCC(C)(OP(=O)(O)C(O)(CC)CC)C(C)C1CCC(c2c[nH]c(=O)[nH]c2=O)O1. The summed E-state index contributed by atoms with van der Waals surface area (Å²) in [6, 6.07) is 0. The quantitative estimate of drug-likeness (QED) is 0.404. The van der Waals surface area contributed by atoms with Crippen molar-refractivity contribution in [3.05, 3.63) is 32.6 Å². The van der Waals surface area contributed by atoms with Gasteiger partial charge in [-0.2, -0.15) is 0 Å².